The van der Waals surface area contributed by atoms with E-state index >= 15 is 0 Å². The van der Waals surface area contributed by atoms with E-state index in [2.05, 4.69) is 5.32 Å². The van der Waals surface area contributed by atoms with Gasteiger partial charge in [-0.1, -0.05) is 13.8 Å². The molecule has 0 radical (unpaired) electrons. The number of nitrogens with two attached hydrogens (primary N) is 1. The minimum atomic E-state index is -0.579. The Morgan fingerprint density at radius 2 is 1.88 bits per heavy atom. The van der Waals surface area contributed by atoms with E-state index in [-0.39, 0.29) is 30.3 Å². The van der Waals surface area contributed by atoms with E-state index in [1.165, 1.54) is 0 Å². The molecule has 3 aliphatic heterocycles. The number of rotatable bonds is 3. The summed E-state index contributed by atoms with van der Waals surface area (Å²) < 4.78 is 0. The quantitative estimate of drug-likeness (QED) is 0.696. The highest BCUT2D eigenvalue weighted by Gasteiger charge is 2.52. The van der Waals surface area contributed by atoms with Gasteiger partial charge in [-0.05, 0) is 18.8 Å². The first-order valence-electron chi connectivity index (χ1n) is 9.25. The van der Waals surface area contributed by atoms with Crippen molar-refractivity contribution < 1.29 is 14.4 Å². The molecule has 0 aromatic rings. The second kappa shape index (κ2) is 7.29. The zero-order valence-corrected chi connectivity index (χ0v) is 15.1. The molecule has 8 nitrogen and oxygen atoms in total. The Labute approximate surface area is 148 Å². The summed E-state index contributed by atoms with van der Waals surface area (Å²) in [6.07, 6.45) is 1.25. The van der Waals surface area contributed by atoms with Gasteiger partial charge in [0.1, 0.15) is 6.04 Å². The van der Waals surface area contributed by atoms with Gasteiger partial charge in [-0.3, -0.25) is 9.59 Å². The van der Waals surface area contributed by atoms with Gasteiger partial charge in [0.2, 0.25) is 5.91 Å². The van der Waals surface area contributed by atoms with Gasteiger partial charge in [0.15, 0.2) is 5.78 Å². The standard InChI is InChI=1S/C17H29N5O3/c1-11(2)9-12(18)16(24)21-6-3-13-15(21)14(23)10-22(13)17(25)20-7-4-19-5-8-20/h11-13,15,19H,3-10,18H2,1-2H3. The summed E-state index contributed by atoms with van der Waals surface area (Å²) in [6.45, 7) is 7.50. The molecule has 3 N–H and O–H groups in total. The number of carbonyl (C=O) groups excluding carboxylic acids is 3. The molecule has 140 valence electrons. The van der Waals surface area contributed by atoms with Gasteiger partial charge in [-0.25, -0.2) is 4.79 Å². The molecule has 0 aliphatic carbocycles. The first kappa shape index (κ1) is 18.1. The van der Waals surface area contributed by atoms with E-state index in [0.717, 1.165) is 13.1 Å². The van der Waals surface area contributed by atoms with Gasteiger partial charge in [-0.2, -0.15) is 0 Å². The molecule has 0 spiro atoms. The van der Waals surface area contributed by atoms with E-state index in [4.69, 9.17) is 5.73 Å². The number of Topliss-reactive ketones (excluding diaryl/α,β-unsaturated/α-hetero) is 1. The van der Waals surface area contributed by atoms with Gasteiger partial charge in [0.25, 0.3) is 0 Å². The van der Waals surface area contributed by atoms with Crippen molar-refractivity contribution in [3.63, 3.8) is 0 Å². The molecule has 3 unspecified atom stereocenters. The average molecular weight is 351 g/mol. The number of amides is 3. The predicted molar refractivity (Wildman–Crippen MR) is 92.9 cm³/mol. The van der Waals surface area contributed by atoms with Crippen LogP contribution in [-0.2, 0) is 9.59 Å². The summed E-state index contributed by atoms with van der Waals surface area (Å²) in [7, 11) is 0. The number of urea groups is 1. The topological polar surface area (TPSA) is 99.0 Å². The van der Waals surface area contributed by atoms with E-state index in [0.29, 0.717) is 38.4 Å². The maximum Gasteiger partial charge on any atom is 0.320 e. The lowest BCUT2D eigenvalue weighted by Crippen LogP contribution is -2.53. The first-order valence-corrected chi connectivity index (χ1v) is 9.25. The number of ketones is 1. The number of likely N-dealkylation sites (tertiary alicyclic amines) is 2. The van der Waals surface area contributed by atoms with Crippen molar-refractivity contribution in [2.24, 2.45) is 11.7 Å². The van der Waals surface area contributed by atoms with Crippen molar-refractivity contribution in [2.75, 3.05) is 39.3 Å². The minimum Gasteiger partial charge on any atom is -0.329 e. The zero-order valence-electron chi connectivity index (χ0n) is 15.1. The number of carbonyl (C=O) groups is 3. The fourth-order valence-electron chi connectivity index (χ4n) is 4.19. The summed E-state index contributed by atoms with van der Waals surface area (Å²) in [4.78, 5) is 43.1. The minimum absolute atomic E-state index is 0.0453. The maximum absolute atomic E-state index is 12.8. The Kier molecular flexibility index (Phi) is 5.29. The molecule has 0 saturated carbocycles. The van der Waals surface area contributed by atoms with Crippen LogP contribution in [0.5, 0.6) is 0 Å². The maximum atomic E-state index is 12.8. The molecule has 0 bridgehead atoms. The van der Waals surface area contributed by atoms with Gasteiger partial charge in [0, 0.05) is 32.7 Å². The van der Waals surface area contributed by atoms with Crippen LogP contribution in [0.25, 0.3) is 0 Å². The van der Waals surface area contributed by atoms with Crippen LogP contribution < -0.4 is 11.1 Å². The van der Waals surface area contributed by atoms with Crippen LogP contribution in [0.4, 0.5) is 4.79 Å². The van der Waals surface area contributed by atoms with Crippen molar-refractivity contribution in [2.45, 2.75) is 44.8 Å². The second-order valence-corrected chi connectivity index (χ2v) is 7.68. The molecule has 3 saturated heterocycles. The molecule has 3 fully saturated rings. The Morgan fingerprint density at radius 3 is 2.52 bits per heavy atom. The molecular weight excluding hydrogens is 322 g/mol. The fraction of sp³-hybridized carbons (Fsp3) is 0.824. The molecular formula is C17H29N5O3. The molecule has 25 heavy (non-hydrogen) atoms. The number of hydrogen-bond donors (Lipinski definition) is 2. The van der Waals surface area contributed by atoms with Crippen LogP contribution in [0.2, 0.25) is 0 Å². The molecule has 8 heteroatoms. The highest BCUT2D eigenvalue weighted by atomic mass is 16.2. The lowest BCUT2D eigenvalue weighted by molar-refractivity contribution is -0.137. The van der Waals surface area contributed by atoms with Gasteiger partial charge in [-0.15, -0.1) is 0 Å². The normalized spacial score (nSPS) is 27.8. The summed E-state index contributed by atoms with van der Waals surface area (Å²) in [5, 5.41) is 3.22. The third-order valence-corrected chi connectivity index (χ3v) is 5.38. The molecule has 3 atom stereocenters. The molecule has 0 aromatic carbocycles. The Balaban J connectivity index is 1.69. The Morgan fingerprint density at radius 1 is 1.20 bits per heavy atom. The SMILES string of the molecule is CC(C)CC(N)C(=O)N1CCC2C1C(=O)CN2C(=O)N1CCNCC1. The first-order chi connectivity index (χ1) is 11.9. The van der Waals surface area contributed by atoms with Gasteiger partial charge < -0.3 is 25.8 Å². The fourth-order valence-corrected chi connectivity index (χ4v) is 4.19. The molecule has 3 aliphatic rings. The van der Waals surface area contributed by atoms with Crippen LogP contribution >= 0.6 is 0 Å². The number of nitrogens with zero attached hydrogens (tertiary/aromatic N) is 3. The molecule has 0 aromatic heterocycles. The van der Waals surface area contributed by atoms with E-state index < -0.39 is 12.1 Å². The van der Waals surface area contributed by atoms with Crippen LogP contribution in [0.15, 0.2) is 0 Å². The third kappa shape index (κ3) is 3.50. The number of nitrogens with one attached hydrogen (secondary N) is 1. The van der Waals surface area contributed by atoms with Crippen molar-refractivity contribution >= 4 is 17.7 Å². The van der Waals surface area contributed by atoms with Crippen LogP contribution in [-0.4, -0.2) is 89.8 Å². The lowest BCUT2D eigenvalue weighted by Gasteiger charge is -2.33. The number of hydrogen-bond acceptors (Lipinski definition) is 5. The highest BCUT2D eigenvalue weighted by molar-refractivity contribution is 5.98. The predicted octanol–water partition coefficient (Wildman–Crippen LogP) is -0.761. The number of piperazine rings is 1. The Bertz CT molecular complexity index is 546. The van der Waals surface area contributed by atoms with Gasteiger partial charge >= 0.3 is 6.03 Å². The second-order valence-electron chi connectivity index (χ2n) is 7.68. The van der Waals surface area contributed by atoms with E-state index in [1.54, 1.807) is 14.7 Å². The lowest BCUT2D eigenvalue weighted by atomic mass is 10.0. The van der Waals surface area contributed by atoms with Crippen LogP contribution in [0.3, 0.4) is 0 Å². The molecule has 3 rings (SSSR count). The summed E-state index contributed by atoms with van der Waals surface area (Å²) >= 11 is 0. The van der Waals surface area contributed by atoms with Crippen molar-refractivity contribution in [1.29, 1.82) is 0 Å². The largest absolute Gasteiger partial charge is 0.329 e. The molecule has 3 heterocycles. The highest BCUT2D eigenvalue weighted by Crippen LogP contribution is 2.31. The zero-order chi connectivity index (χ0) is 18.1. The monoisotopic (exact) mass is 351 g/mol. The number of fused-ring (bicyclic) bond motifs is 1. The van der Waals surface area contributed by atoms with Crippen molar-refractivity contribution in [1.82, 2.24) is 20.0 Å². The third-order valence-electron chi connectivity index (χ3n) is 5.38. The van der Waals surface area contributed by atoms with E-state index in [1.807, 2.05) is 13.8 Å². The molecule has 3 amide bonds. The Hall–Kier alpha value is -1.67. The van der Waals surface area contributed by atoms with Crippen molar-refractivity contribution in [3.8, 4) is 0 Å². The van der Waals surface area contributed by atoms with E-state index in [9.17, 15) is 14.4 Å². The average Bonchev–Trinajstić information content (AvgIpc) is 3.15. The van der Waals surface area contributed by atoms with Crippen LogP contribution in [0, 0.1) is 5.92 Å². The van der Waals surface area contributed by atoms with Crippen molar-refractivity contribution in [3.05, 3.63) is 0 Å². The summed E-state index contributed by atoms with van der Waals surface area (Å²) in [5.41, 5.74) is 6.04. The smallest absolute Gasteiger partial charge is 0.320 e. The van der Waals surface area contributed by atoms with Crippen LogP contribution in [0.1, 0.15) is 26.7 Å². The van der Waals surface area contributed by atoms with Gasteiger partial charge in [0.05, 0.1) is 18.6 Å². The summed E-state index contributed by atoms with van der Waals surface area (Å²) in [5.74, 6) is 0.115. The summed E-state index contributed by atoms with van der Waals surface area (Å²) in [6, 6.07) is -1.38.